The summed E-state index contributed by atoms with van der Waals surface area (Å²) in [6.07, 6.45) is 4.92. The van der Waals surface area contributed by atoms with Crippen LogP contribution in [-0.4, -0.2) is 35.9 Å². The van der Waals surface area contributed by atoms with Crippen molar-refractivity contribution in [2.24, 2.45) is 0 Å². The first kappa shape index (κ1) is 11.6. The molecule has 2 rings (SSSR count). The summed E-state index contributed by atoms with van der Waals surface area (Å²) in [5.41, 5.74) is 0. The van der Waals surface area contributed by atoms with Crippen molar-refractivity contribution in [1.29, 1.82) is 0 Å². The first-order chi connectivity index (χ1) is 7.57. The van der Waals surface area contributed by atoms with E-state index in [1.165, 1.54) is 0 Å². The van der Waals surface area contributed by atoms with Crippen LogP contribution < -0.4 is 5.32 Å². The molecule has 90 valence electrons. The monoisotopic (exact) mass is 243 g/mol. The second-order valence-electron chi connectivity index (χ2n) is 4.29. The lowest BCUT2D eigenvalue weighted by Crippen LogP contribution is -2.39. The maximum Gasteiger partial charge on any atom is 0.150 e. The van der Waals surface area contributed by atoms with Crippen LogP contribution in [0.3, 0.4) is 0 Å². The van der Waals surface area contributed by atoms with Crippen molar-refractivity contribution < 1.29 is 8.42 Å². The zero-order valence-electron chi connectivity index (χ0n) is 9.31. The van der Waals surface area contributed by atoms with Crippen LogP contribution in [0.15, 0.2) is 12.4 Å². The van der Waals surface area contributed by atoms with Crippen LogP contribution in [0, 0.1) is 0 Å². The van der Waals surface area contributed by atoms with Crippen molar-refractivity contribution in [2.75, 3.05) is 11.5 Å². The molecule has 0 saturated carbocycles. The third-order valence-electron chi connectivity index (χ3n) is 2.97. The summed E-state index contributed by atoms with van der Waals surface area (Å²) in [6.45, 7) is 2.03. The van der Waals surface area contributed by atoms with E-state index in [9.17, 15) is 8.42 Å². The normalized spacial score (nSPS) is 23.1. The molecule has 6 heteroatoms. The number of nitrogens with one attached hydrogen (secondary N) is 2. The van der Waals surface area contributed by atoms with Gasteiger partial charge in [-0.05, 0) is 19.8 Å². The van der Waals surface area contributed by atoms with E-state index in [2.05, 4.69) is 15.3 Å². The second kappa shape index (κ2) is 4.55. The summed E-state index contributed by atoms with van der Waals surface area (Å²) < 4.78 is 22.5. The standard InChI is InChI=1S/C10H17N3O2S/c1-8(10-11-4-5-12-10)13-9-2-6-16(14,15)7-3-9/h4-5,8-9,13H,2-3,6-7H2,1H3,(H,11,12). The molecule has 0 radical (unpaired) electrons. The zero-order chi connectivity index (χ0) is 11.6. The summed E-state index contributed by atoms with van der Waals surface area (Å²) in [5, 5.41) is 3.40. The quantitative estimate of drug-likeness (QED) is 0.817. The van der Waals surface area contributed by atoms with E-state index < -0.39 is 9.84 Å². The lowest BCUT2D eigenvalue weighted by atomic mass is 10.1. The van der Waals surface area contributed by atoms with E-state index >= 15 is 0 Å². The fraction of sp³-hybridized carbons (Fsp3) is 0.700. The average molecular weight is 243 g/mol. The summed E-state index contributed by atoms with van der Waals surface area (Å²) in [6, 6.07) is 0.421. The van der Waals surface area contributed by atoms with E-state index in [4.69, 9.17) is 0 Å². The van der Waals surface area contributed by atoms with Crippen molar-refractivity contribution in [1.82, 2.24) is 15.3 Å². The second-order valence-corrected chi connectivity index (χ2v) is 6.59. The molecule has 2 heterocycles. The molecule has 1 aromatic heterocycles. The van der Waals surface area contributed by atoms with Crippen LogP contribution in [0.2, 0.25) is 0 Å². The Morgan fingerprint density at radius 1 is 1.50 bits per heavy atom. The molecular formula is C10H17N3O2S. The van der Waals surface area contributed by atoms with Gasteiger partial charge < -0.3 is 10.3 Å². The molecule has 5 nitrogen and oxygen atoms in total. The Kier molecular flexibility index (Phi) is 3.30. The first-order valence-electron chi connectivity index (χ1n) is 5.52. The van der Waals surface area contributed by atoms with E-state index in [0.29, 0.717) is 24.3 Å². The van der Waals surface area contributed by atoms with Gasteiger partial charge in [0.05, 0.1) is 17.5 Å². The molecule has 0 spiro atoms. The number of nitrogens with zero attached hydrogens (tertiary/aromatic N) is 1. The van der Waals surface area contributed by atoms with Gasteiger partial charge in [-0.15, -0.1) is 0 Å². The van der Waals surface area contributed by atoms with Gasteiger partial charge in [-0.25, -0.2) is 13.4 Å². The maximum atomic E-state index is 11.3. The number of imidazole rings is 1. The maximum absolute atomic E-state index is 11.3. The molecule has 2 N–H and O–H groups in total. The van der Waals surface area contributed by atoms with Gasteiger partial charge in [-0.3, -0.25) is 0 Å². The zero-order valence-corrected chi connectivity index (χ0v) is 10.1. The summed E-state index contributed by atoms with van der Waals surface area (Å²) in [7, 11) is -2.77. The van der Waals surface area contributed by atoms with Gasteiger partial charge in [-0.1, -0.05) is 0 Å². The fourth-order valence-electron chi connectivity index (χ4n) is 2.00. The highest BCUT2D eigenvalue weighted by atomic mass is 32.2. The van der Waals surface area contributed by atoms with Crippen LogP contribution in [0.5, 0.6) is 0 Å². The molecule has 0 aromatic carbocycles. The Morgan fingerprint density at radius 3 is 2.75 bits per heavy atom. The van der Waals surface area contributed by atoms with Crippen molar-refractivity contribution in [3.05, 3.63) is 18.2 Å². The van der Waals surface area contributed by atoms with Gasteiger partial charge in [0.1, 0.15) is 15.7 Å². The molecular weight excluding hydrogens is 226 g/mol. The number of rotatable bonds is 3. The Bertz CT molecular complexity index is 413. The molecule has 0 amide bonds. The minimum Gasteiger partial charge on any atom is -0.347 e. The van der Waals surface area contributed by atoms with Crippen molar-refractivity contribution >= 4 is 9.84 Å². The first-order valence-corrected chi connectivity index (χ1v) is 7.35. The summed E-state index contributed by atoms with van der Waals surface area (Å²) in [4.78, 5) is 7.22. The van der Waals surface area contributed by atoms with Crippen molar-refractivity contribution in [2.45, 2.75) is 31.8 Å². The Morgan fingerprint density at radius 2 is 2.19 bits per heavy atom. The number of sulfone groups is 1. The molecule has 0 bridgehead atoms. The van der Waals surface area contributed by atoms with Crippen LogP contribution in [-0.2, 0) is 9.84 Å². The number of hydrogen-bond donors (Lipinski definition) is 2. The van der Waals surface area contributed by atoms with Gasteiger partial charge in [0, 0.05) is 18.4 Å². The summed E-state index contributed by atoms with van der Waals surface area (Å²) in [5.74, 6) is 1.50. The van der Waals surface area contributed by atoms with Crippen LogP contribution in [0.4, 0.5) is 0 Å². The largest absolute Gasteiger partial charge is 0.347 e. The third kappa shape index (κ3) is 2.82. The van der Waals surface area contributed by atoms with Gasteiger partial charge in [0.2, 0.25) is 0 Å². The molecule has 1 aromatic rings. The molecule has 1 aliphatic rings. The number of hydrogen-bond acceptors (Lipinski definition) is 4. The minimum atomic E-state index is -2.77. The highest BCUT2D eigenvalue weighted by Crippen LogP contribution is 2.16. The highest BCUT2D eigenvalue weighted by Gasteiger charge is 2.24. The lowest BCUT2D eigenvalue weighted by molar-refractivity contribution is 0.412. The van der Waals surface area contributed by atoms with E-state index in [1.54, 1.807) is 12.4 Å². The average Bonchev–Trinajstić information content (AvgIpc) is 2.74. The summed E-state index contributed by atoms with van der Waals surface area (Å²) >= 11 is 0. The molecule has 1 aliphatic heterocycles. The molecule has 16 heavy (non-hydrogen) atoms. The molecule has 1 atom stereocenters. The number of aromatic amines is 1. The Balaban J connectivity index is 1.87. The van der Waals surface area contributed by atoms with Crippen LogP contribution in [0.25, 0.3) is 0 Å². The fourth-order valence-corrected chi connectivity index (χ4v) is 3.49. The Hall–Kier alpha value is -0.880. The van der Waals surface area contributed by atoms with Crippen molar-refractivity contribution in [3.8, 4) is 0 Å². The van der Waals surface area contributed by atoms with E-state index in [-0.39, 0.29) is 12.1 Å². The lowest BCUT2D eigenvalue weighted by Gasteiger charge is -2.25. The topological polar surface area (TPSA) is 74.8 Å². The molecule has 0 aliphatic carbocycles. The number of H-pyrrole nitrogens is 1. The van der Waals surface area contributed by atoms with Gasteiger partial charge >= 0.3 is 0 Å². The SMILES string of the molecule is CC(NC1CCS(=O)(=O)CC1)c1ncc[nH]1. The van der Waals surface area contributed by atoms with Crippen molar-refractivity contribution in [3.63, 3.8) is 0 Å². The van der Waals surface area contributed by atoms with Gasteiger partial charge in [0.25, 0.3) is 0 Å². The van der Waals surface area contributed by atoms with Crippen LogP contribution in [0.1, 0.15) is 31.6 Å². The third-order valence-corrected chi connectivity index (χ3v) is 4.69. The Labute approximate surface area is 95.6 Å². The van der Waals surface area contributed by atoms with E-state index in [1.807, 2.05) is 6.92 Å². The predicted octanol–water partition coefficient (Wildman–Crippen LogP) is 0.637. The molecule has 1 fully saturated rings. The number of aromatic nitrogens is 2. The van der Waals surface area contributed by atoms with Crippen LogP contribution >= 0.6 is 0 Å². The predicted molar refractivity (Wildman–Crippen MR) is 61.8 cm³/mol. The highest BCUT2D eigenvalue weighted by molar-refractivity contribution is 7.91. The van der Waals surface area contributed by atoms with Gasteiger partial charge in [0.15, 0.2) is 0 Å². The van der Waals surface area contributed by atoms with E-state index in [0.717, 1.165) is 5.82 Å². The molecule has 1 saturated heterocycles. The molecule has 1 unspecified atom stereocenters. The minimum absolute atomic E-state index is 0.140. The van der Waals surface area contributed by atoms with Gasteiger partial charge in [-0.2, -0.15) is 0 Å². The smallest absolute Gasteiger partial charge is 0.150 e.